The maximum Gasteiger partial charge on any atom is 0.327 e. The van der Waals surface area contributed by atoms with Gasteiger partial charge >= 0.3 is 12.0 Å². The minimum atomic E-state index is -0.964. The van der Waals surface area contributed by atoms with Crippen LogP contribution < -0.4 is 5.32 Å². The first kappa shape index (κ1) is 14.1. The summed E-state index contributed by atoms with van der Waals surface area (Å²) in [5.74, 6) is 0.222. The number of aliphatic carboxylic acids is 1. The summed E-state index contributed by atoms with van der Waals surface area (Å²) in [4.78, 5) is 29.9. The summed E-state index contributed by atoms with van der Waals surface area (Å²) in [5, 5.41) is 12.3. The molecule has 19 heavy (non-hydrogen) atoms. The molecule has 1 fully saturated rings. The van der Waals surface area contributed by atoms with E-state index < -0.39 is 12.0 Å². The standard InChI is InChI=1S/C11H15N3O3S2/c1-6-7(2)19-10(12-6)13-11(17)14-3-4-18-5-8(14)9(15)16/h8H,3-5H2,1-2H3,(H,15,16)(H,12,13,17). The van der Waals surface area contributed by atoms with Crippen LogP contribution in [0.2, 0.25) is 0 Å². The Balaban J connectivity index is 2.07. The second-order valence-electron chi connectivity index (χ2n) is 4.21. The van der Waals surface area contributed by atoms with Crippen molar-refractivity contribution in [3.8, 4) is 0 Å². The van der Waals surface area contributed by atoms with E-state index in [1.807, 2.05) is 13.8 Å². The number of anilines is 1. The Morgan fingerprint density at radius 2 is 2.21 bits per heavy atom. The maximum absolute atomic E-state index is 12.1. The quantitative estimate of drug-likeness (QED) is 0.870. The average Bonchev–Trinajstić information content (AvgIpc) is 2.68. The number of aromatic nitrogens is 1. The molecule has 1 aromatic rings. The van der Waals surface area contributed by atoms with E-state index in [4.69, 9.17) is 5.11 Å². The summed E-state index contributed by atoms with van der Waals surface area (Å²) in [5.41, 5.74) is 0.879. The van der Waals surface area contributed by atoms with E-state index in [2.05, 4.69) is 10.3 Å². The van der Waals surface area contributed by atoms with Crippen LogP contribution in [0, 0.1) is 13.8 Å². The zero-order chi connectivity index (χ0) is 14.0. The summed E-state index contributed by atoms with van der Waals surface area (Å²) >= 11 is 2.94. The van der Waals surface area contributed by atoms with Crippen molar-refractivity contribution >= 4 is 40.2 Å². The zero-order valence-corrected chi connectivity index (χ0v) is 12.3. The first-order chi connectivity index (χ1) is 8.99. The van der Waals surface area contributed by atoms with Crippen molar-refractivity contribution in [3.63, 3.8) is 0 Å². The molecule has 0 aromatic carbocycles. The monoisotopic (exact) mass is 301 g/mol. The third-order valence-electron chi connectivity index (χ3n) is 2.92. The van der Waals surface area contributed by atoms with Crippen LogP contribution in [0.4, 0.5) is 9.93 Å². The fourth-order valence-corrected chi connectivity index (χ4v) is 3.58. The van der Waals surface area contributed by atoms with Crippen molar-refractivity contribution < 1.29 is 14.7 Å². The van der Waals surface area contributed by atoms with Crippen molar-refractivity contribution in [3.05, 3.63) is 10.6 Å². The molecular weight excluding hydrogens is 286 g/mol. The van der Waals surface area contributed by atoms with E-state index in [1.54, 1.807) is 11.8 Å². The lowest BCUT2D eigenvalue weighted by molar-refractivity contribution is -0.141. The van der Waals surface area contributed by atoms with Gasteiger partial charge in [-0.15, -0.1) is 11.3 Å². The highest BCUT2D eigenvalue weighted by atomic mass is 32.2. The van der Waals surface area contributed by atoms with Gasteiger partial charge in [0.15, 0.2) is 5.13 Å². The smallest absolute Gasteiger partial charge is 0.327 e. The Kier molecular flexibility index (Phi) is 4.31. The second-order valence-corrected chi connectivity index (χ2v) is 6.57. The summed E-state index contributed by atoms with van der Waals surface area (Å²) < 4.78 is 0. The number of thioether (sulfide) groups is 1. The number of nitrogens with one attached hydrogen (secondary N) is 1. The highest BCUT2D eigenvalue weighted by Crippen LogP contribution is 2.23. The van der Waals surface area contributed by atoms with Crippen LogP contribution in [0.3, 0.4) is 0 Å². The molecule has 6 nitrogen and oxygen atoms in total. The van der Waals surface area contributed by atoms with Crippen molar-refractivity contribution in [1.29, 1.82) is 0 Å². The van der Waals surface area contributed by atoms with Crippen molar-refractivity contribution in [1.82, 2.24) is 9.88 Å². The molecular formula is C11H15N3O3S2. The van der Waals surface area contributed by atoms with Crippen molar-refractivity contribution in [2.24, 2.45) is 0 Å². The molecule has 1 aliphatic heterocycles. The van der Waals surface area contributed by atoms with Gasteiger partial charge in [0.05, 0.1) is 5.69 Å². The summed E-state index contributed by atoms with van der Waals surface area (Å²) in [6.07, 6.45) is 0. The molecule has 8 heteroatoms. The van der Waals surface area contributed by atoms with Gasteiger partial charge in [-0.3, -0.25) is 5.32 Å². The van der Waals surface area contributed by atoms with E-state index >= 15 is 0 Å². The molecule has 1 atom stereocenters. The number of hydrogen-bond acceptors (Lipinski definition) is 5. The van der Waals surface area contributed by atoms with Gasteiger partial charge in [-0.25, -0.2) is 14.6 Å². The van der Waals surface area contributed by atoms with Crippen molar-refractivity contribution in [2.75, 3.05) is 23.4 Å². The molecule has 0 spiro atoms. The van der Waals surface area contributed by atoms with Gasteiger partial charge in [0, 0.05) is 22.9 Å². The molecule has 0 aliphatic carbocycles. The number of carboxylic acid groups (broad SMARTS) is 1. The van der Waals surface area contributed by atoms with E-state index in [0.717, 1.165) is 16.3 Å². The van der Waals surface area contributed by atoms with Crippen molar-refractivity contribution in [2.45, 2.75) is 19.9 Å². The number of thiazole rings is 1. The molecule has 1 saturated heterocycles. The molecule has 2 heterocycles. The fraction of sp³-hybridized carbons (Fsp3) is 0.545. The van der Waals surface area contributed by atoms with Gasteiger partial charge in [-0.2, -0.15) is 11.8 Å². The van der Waals surface area contributed by atoms with Crippen LogP contribution in [0.15, 0.2) is 0 Å². The third-order valence-corrected chi connectivity index (χ3v) is 4.93. The number of urea groups is 1. The third kappa shape index (κ3) is 3.19. The Morgan fingerprint density at radius 1 is 1.47 bits per heavy atom. The normalized spacial score (nSPS) is 19.3. The van der Waals surface area contributed by atoms with E-state index in [1.165, 1.54) is 16.2 Å². The summed E-state index contributed by atoms with van der Waals surface area (Å²) in [6.45, 7) is 4.25. The van der Waals surface area contributed by atoms with E-state index in [9.17, 15) is 9.59 Å². The highest BCUT2D eigenvalue weighted by molar-refractivity contribution is 7.99. The van der Waals surface area contributed by atoms with Crippen LogP contribution in [-0.4, -0.2) is 51.1 Å². The molecule has 104 valence electrons. The van der Waals surface area contributed by atoms with Gasteiger partial charge in [0.2, 0.25) is 0 Å². The van der Waals surface area contributed by atoms with Gasteiger partial charge in [-0.1, -0.05) is 0 Å². The predicted octanol–water partition coefficient (Wildman–Crippen LogP) is 1.79. The zero-order valence-electron chi connectivity index (χ0n) is 10.7. The minimum Gasteiger partial charge on any atom is -0.480 e. The minimum absolute atomic E-state index is 0.388. The summed E-state index contributed by atoms with van der Waals surface area (Å²) in [6, 6.07) is -1.15. The lowest BCUT2D eigenvalue weighted by atomic mass is 10.3. The Labute approximate surface area is 119 Å². The lowest BCUT2D eigenvalue weighted by Crippen LogP contribution is -2.51. The van der Waals surface area contributed by atoms with Crippen LogP contribution in [0.1, 0.15) is 10.6 Å². The number of carbonyl (C=O) groups is 2. The van der Waals surface area contributed by atoms with Crippen LogP contribution >= 0.6 is 23.1 Å². The maximum atomic E-state index is 12.1. The van der Waals surface area contributed by atoms with Crippen LogP contribution in [-0.2, 0) is 4.79 Å². The molecule has 2 rings (SSSR count). The number of carboxylic acids is 1. The molecule has 1 unspecified atom stereocenters. The Hall–Kier alpha value is -1.28. The molecule has 0 saturated carbocycles. The van der Waals surface area contributed by atoms with Crippen LogP contribution in [0.5, 0.6) is 0 Å². The van der Waals surface area contributed by atoms with Gasteiger partial charge in [0.25, 0.3) is 0 Å². The highest BCUT2D eigenvalue weighted by Gasteiger charge is 2.32. The average molecular weight is 301 g/mol. The molecule has 1 aromatic heterocycles. The number of nitrogens with zero attached hydrogens (tertiary/aromatic N) is 2. The van der Waals surface area contributed by atoms with E-state index in [-0.39, 0.29) is 6.03 Å². The molecule has 1 aliphatic rings. The number of hydrogen-bond donors (Lipinski definition) is 2. The lowest BCUT2D eigenvalue weighted by Gasteiger charge is -2.32. The molecule has 0 bridgehead atoms. The van der Waals surface area contributed by atoms with Gasteiger partial charge in [-0.05, 0) is 13.8 Å². The fourth-order valence-electron chi connectivity index (χ4n) is 1.74. The Morgan fingerprint density at radius 3 is 2.79 bits per heavy atom. The Bertz CT molecular complexity index is 484. The van der Waals surface area contributed by atoms with E-state index in [0.29, 0.717) is 17.4 Å². The SMILES string of the molecule is Cc1nc(NC(=O)N2CCSCC2C(=O)O)sc1C. The molecule has 2 N–H and O–H groups in total. The van der Waals surface area contributed by atoms with Crippen LogP contribution in [0.25, 0.3) is 0 Å². The largest absolute Gasteiger partial charge is 0.480 e. The summed E-state index contributed by atoms with van der Waals surface area (Å²) in [7, 11) is 0. The number of carbonyl (C=O) groups excluding carboxylic acids is 1. The molecule has 2 amide bonds. The predicted molar refractivity (Wildman–Crippen MR) is 76.1 cm³/mol. The first-order valence-corrected chi connectivity index (χ1v) is 7.78. The van der Waals surface area contributed by atoms with Gasteiger partial charge < -0.3 is 10.0 Å². The topological polar surface area (TPSA) is 82.5 Å². The molecule has 0 radical (unpaired) electrons. The number of rotatable bonds is 2. The first-order valence-electron chi connectivity index (χ1n) is 5.81. The number of amides is 2. The van der Waals surface area contributed by atoms with Gasteiger partial charge in [0.1, 0.15) is 6.04 Å². The second kappa shape index (κ2) is 5.79. The number of aryl methyl sites for hydroxylation is 2.